The third-order valence-electron chi connectivity index (χ3n) is 4.57. The standard InChI is InChI=1S/C20H24O4/c1-12-13(2)20(24-5)18(14(3)19(12)23-4)16(11-17(21)22)15-9-7-6-8-10-15/h6-10,16H,11H2,1-5H3,(H,21,22)/t16-/m1/s1. The monoisotopic (exact) mass is 328 g/mol. The summed E-state index contributed by atoms with van der Waals surface area (Å²) in [5, 5.41) is 9.44. The van der Waals surface area contributed by atoms with Crippen LogP contribution in [0, 0.1) is 20.8 Å². The van der Waals surface area contributed by atoms with Gasteiger partial charge in [0.15, 0.2) is 0 Å². The van der Waals surface area contributed by atoms with E-state index in [-0.39, 0.29) is 12.3 Å². The number of methoxy groups -OCH3 is 2. The van der Waals surface area contributed by atoms with E-state index in [1.165, 1.54) is 0 Å². The molecule has 128 valence electrons. The molecule has 24 heavy (non-hydrogen) atoms. The molecule has 0 bridgehead atoms. The summed E-state index contributed by atoms with van der Waals surface area (Å²) in [6, 6.07) is 9.67. The van der Waals surface area contributed by atoms with E-state index in [9.17, 15) is 9.90 Å². The van der Waals surface area contributed by atoms with Gasteiger partial charge in [-0.15, -0.1) is 0 Å². The lowest BCUT2D eigenvalue weighted by molar-refractivity contribution is -0.137. The molecule has 0 fully saturated rings. The van der Waals surface area contributed by atoms with Crippen LogP contribution in [0.1, 0.15) is 40.2 Å². The van der Waals surface area contributed by atoms with E-state index >= 15 is 0 Å². The largest absolute Gasteiger partial charge is 0.496 e. The summed E-state index contributed by atoms with van der Waals surface area (Å²) in [6.45, 7) is 5.92. The first-order chi connectivity index (χ1) is 11.4. The van der Waals surface area contributed by atoms with Crippen LogP contribution in [0.3, 0.4) is 0 Å². The van der Waals surface area contributed by atoms with Crippen molar-refractivity contribution in [3.8, 4) is 11.5 Å². The molecule has 0 saturated carbocycles. The second kappa shape index (κ2) is 7.39. The fourth-order valence-electron chi connectivity index (χ4n) is 3.35. The molecular weight excluding hydrogens is 304 g/mol. The van der Waals surface area contributed by atoms with E-state index in [2.05, 4.69) is 0 Å². The van der Waals surface area contributed by atoms with Crippen LogP contribution in [-0.4, -0.2) is 25.3 Å². The van der Waals surface area contributed by atoms with Crippen LogP contribution in [-0.2, 0) is 4.79 Å². The van der Waals surface area contributed by atoms with Crippen LogP contribution < -0.4 is 9.47 Å². The van der Waals surface area contributed by atoms with Crippen LogP contribution in [0.2, 0.25) is 0 Å². The van der Waals surface area contributed by atoms with Gasteiger partial charge in [0.2, 0.25) is 0 Å². The first-order valence-corrected chi connectivity index (χ1v) is 7.90. The van der Waals surface area contributed by atoms with Crippen molar-refractivity contribution in [1.29, 1.82) is 0 Å². The molecule has 1 N–H and O–H groups in total. The van der Waals surface area contributed by atoms with Crippen molar-refractivity contribution in [2.75, 3.05) is 14.2 Å². The highest BCUT2D eigenvalue weighted by Gasteiger charge is 2.27. The Balaban J connectivity index is 2.78. The minimum absolute atomic E-state index is 0.00707. The van der Waals surface area contributed by atoms with Crippen LogP contribution in [0.15, 0.2) is 30.3 Å². The minimum atomic E-state index is -0.845. The Morgan fingerprint density at radius 2 is 1.50 bits per heavy atom. The van der Waals surface area contributed by atoms with Crippen LogP contribution in [0.5, 0.6) is 11.5 Å². The molecule has 0 aliphatic heterocycles. The first kappa shape index (κ1) is 17.9. The third-order valence-corrected chi connectivity index (χ3v) is 4.57. The van der Waals surface area contributed by atoms with Gasteiger partial charge in [-0.05, 0) is 43.0 Å². The van der Waals surface area contributed by atoms with Gasteiger partial charge in [0.05, 0.1) is 20.6 Å². The maximum Gasteiger partial charge on any atom is 0.304 e. The van der Waals surface area contributed by atoms with Crippen molar-refractivity contribution in [3.63, 3.8) is 0 Å². The summed E-state index contributed by atoms with van der Waals surface area (Å²) in [5.74, 6) is 0.380. The molecule has 0 saturated heterocycles. The maximum atomic E-state index is 11.5. The van der Waals surface area contributed by atoms with Gasteiger partial charge in [-0.1, -0.05) is 30.3 Å². The fraction of sp³-hybridized carbons (Fsp3) is 0.350. The number of aliphatic carboxylic acids is 1. The second-order valence-electron chi connectivity index (χ2n) is 5.92. The third kappa shape index (κ3) is 3.23. The molecule has 2 aromatic carbocycles. The van der Waals surface area contributed by atoms with Crippen LogP contribution in [0.4, 0.5) is 0 Å². The van der Waals surface area contributed by atoms with Crippen LogP contribution in [0.25, 0.3) is 0 Å². The van der Waals surface area contributed by atoms with Crippen molar-refractivity contribution < 1.29 is 19.4 Å². The topological polar surface area (TPSA) is 55.8 Å². The highest BCUT2D eigenvalue weighted by atomic mass is 16.5. The van der Waals surface area contributed by atoms with Crippen molar-refractivity contribution in [2.24, 2.45) is 0 Å². The minimum Gasteiger partial charge on any atom is -0.496 e. The number of ether oxygens (including phenoxy) is 2. The molecule has 4 heteroatoms. The molecule has 0 spiro atoms. The Morgan fingerprint density at radius 1 is 0.958 bits per heavy atom. The van der Waals surface area contributed by atoms with Gasteiger partial charge in [0.25, 0.3) is 0 Å². The summed E-state index contributed by atoms with van der Waals surface area (Å²) < 4.78 is 11.3. The number of carboxylic acid groups (broad SMARTS) is 1. The molecule has 0 amide bonds. The molecule has 0 aliphatic rings. The van der Waals surface area contributed by atoms with Crippen molar-refractivity contribution in [2.45, 2.75) is 33.1 Å². The highest BCUT2D eigenvalue weighted by molar-refractivity contribution is 5.71. The van der Waals surface area contributed by atoms with E-state index in [4.69, 9.17) is 9.47 Å². The lowest BCUT2D eigenvalue weighted by Crippen LogP contribution is -2.13. The molecular formula is C20H24O4. The van der Waals surface area contributed by atoms with Crippen molar-refractivity contribution in [1.82, 2.24) is 0 Å². The quantitative estimate of drug-likeness (QED) is 0.862. The van der Waals surface area contributed by atoms with Gasteiger partial charge >= 0.3 is 5.97 Å². The van der Waals surface area contributed by atoms with E-state index < -0.39 is 5.97 Å². The Labute approximate surface area is 143 Å². The Kier molecular flexibility index (Phi) is 5.50. The molecule has 0 unspecified atom stereocenters. The number of benzene rings is 2. The van der Waals surface area contributed by atoms with Gasteiger partial charge in [0, 0.05) is 11.5 Å². The van der Waals surface area contributed by atoms with Crippen molar-refractivity contribution >= 4 is 5.97 Å². The van der Waals surface area contributed by atoms with Gasteiger partial charge < -0.3 is 14.6 Å². The Bertz CT molecular complexity index is 735. The first-order valence-electron chi connectivity index (χ1n) is 7.90. The summed E-state index contributed by atoms with van der Waals surface area (Å²) in [6.07, 6.45) is -0.00707. The maximum absolute atomic E-state index is 11.5. The second-order valence-corrected chi connectivity index (χ2v) is 5.92. The smallest absolute Gasteiger partial charge is 0.304 e. The summed E-state index contributed by atoms with van der Waals surface area (Å²) in [5.41, 5.74) is 4.74. The van der Waals surface area contributed by atoms with E-state index in [1.54, 1.807) is 14.2 Å². The Morgan fingerprint density at radius 3 is 2.00 bits per heavy atom. The Hall–Kier alpha value is -2.49. The summed E-state index contributed by atoms with van der Waals surface area (Å²) in [4.78, 5) is 11.5. The SMILES string of the molecule is COc1c(C)c(C)c(OC)c([C@H](CC(=O)O)c2ccccc2)c1C. The zero-order chi connectivity index (χ0) is 17.9. The predicted molar refractivity (Wildman–Crippen MR) is 94.3 cm³/mol. The zero-order valence-corrected chi connectivity index (χ0v) is 14.8. The zero-order valence-electron chi connectivity index (χ0n) is 14.8. The van der Waals surface area contributed by atoms with E-state index in [0.29, 0.717) is 0 Å². The molecule has 1 atom stereocenters. The molecule has 2 aromatic rings. The lowest BCUT2D eigenvalue weighted by Gasteiger charge is -2.26. The predicted octanol–water partition coefficient (Wildman–Crippen LogP) is 4.24. The fourth-order valence-corrected chi connectivity index (χ4v) is 3.35. The normalized spacial score (nSPS) is 11.9. The van der Waals surface area contributed by atoms with Gasteiger partial charge in [-0.2, -0.15) is 0 Å². The molecule has 2 rings (SSSR count). The molecule has 0 heterocycles. The molecule has 0 aromatic heterocycles. The van der Waals surface area contributed by atoms with Gasteiger partial charge in [0.1, 0.15) is 11.5 Å². The number of hydrogen-bond donors (Lipinski definition) is 1. The van der Waals surface area contributed by atoms with Gasteiger partial charge in [-0.25, -0.2) is 0 Å². The van der Waals surface area contributed by atoms with E-state index in [0.717, 1.165) is 39.3 Å². The molecule has 4 nitrogen and oxygen atoms in total. The highest BCUT2D eigenvalue weighted by Crippen LogP contribution is 2.44. The lowest BCUT2D eigenvalue weighted by atomic mass is 9.83. The average Bonchev–Trinajstić information content (AvgIpc) is 2.57. The number of carbonyl (C=O) groups is 1. The molecule has 0 aliphatic carbocycles. The molecule has 0 radical (unpaired) electrons. The van der Waals surface area contributed by atoms with Gasteiger partial charge in [-0.3, -0.25) is 4.79 Å². The summed E-state index contributed by atoms with van der Waals surface area (Å²) in [7, 11) is 3.26. The number of rotatable bonds is 6. The average molecular weight is 328 g/mol. The summed E-state index contributed by atoms with van der Waals surface area (Å²) >= 11 is 0. The van der Waals surface area contributed by atoms with Crippen LogP contribution >= 0.6 is 0 Å². The number of carboxylic acids is 1. The van der Waals surface area contributed by atoms with E-state index in [1.807, 2.05) is 51.1 Å². The number of hydrogen-bond acceptors (Lipinski definition) is 3. The van der Waals surface area contributed by atoms with Crippen molar-refractivity contribution in [3.05, 3.63) is 58.1 Å².